The van der Waals surface area contributed by atoms with Gasteiger partial charge in [-0.15, -0.1) is 0 Å². The van der Waals surface area contributed by atoms with E-state index in [2.05, 4.69) is 5.32 Å². The van der Waals surface area contributed by atoms with Gasteiger partial charge < -0.3 is 15.8 Å². The Labute approximate surface area is 83.1 Å². The maximum absolute atomic E-state index is 13.2. The van der Waals surface area contributed by atoms with E-state index >= 15 is 0 Å². The zero-order valence-corrected chi connectivity index (χ0v) is 8.22. The highest BCUT2D eigenvalue weighted by atomic mass is 19.1. The van der Waals surface area contributed by atoms with Crippen molar-refractivity contribution in [2.75, 3.05) is 25.6 Å². The topological polar surface area (TPSA) is 47.3 Å². The molecule has 0 aromatic heterocycles. The van der Waals surface area contributed by atoms with Crippen LogP contribution in [0.5, 0.6) is 0 Å². The van der Waals surface area contributed by atoms with Crippen molar-refractivity contribution in [2.45, 2.75) is 6.54 Å². The Morgan fingerprint density at radius 3 is 2.86 bits per heavy atom. The largest absolute Gasteiger partial charge is 0.383 e. The number of rotatable bonds is 5. The second-order valence-corrected chi connectivity index (χ2v) is 2.93. The van der Waals surface area contributed by atoms with Crippen molar-refractivity contribution in [3.63, 3.8) is 0 Å². The molecule has 0 aliphatic carbocycles. The molecule has 0 aliphatic heterocycles. The standard InChI is InChI=1S/C10H15FN2O/c1-14-5-4-13-9-3-2-8(7-12)10(11)6-9/h2-3,6,13H,4-5,7,12H2,1H3. The minimum absolute atomic E-state index is 0.226. The van der Waals surface area contributed by atoms with Crippen molar-refractivity contribution in [2.24, 2.45) is 5.73 Å². The Bertz CT molecular complexity index is 291. The second kappa shape index (κ2) is 5.57. The van der Waals surface area contributed by atoms with Crippen LogP contribution < -0.4 is 11.1 Å². The van der Waals surface area contributed by atoms with Gasteiger partial charge in [0.2, 0.25) is 0 Å². The summed E-state index contributed by atoms with van der Waals surface area (Å²) in [7, 11) is 1.62. The van der Waals surface area contributed by atoms with Gasteiger partial charge in [0.25, 0.3) is 0 Å². The van der Waals surface area contributed by atoms with Crippen molar-refractivity contribution >= 4 is 5.69 Å². The molecule has 0 saturated carbocycles. The van der Waals surface area contributed by atoms with E-state index < -0.39 is 0 Å². The number of nitrogens with one attached hydrogen (secondary N) is 1. The SMILES string of the molecule is COCCNc1ccc(CN)c(F)c1. The van der Waals surface area contributed by atoms with Crippen LogP contribution in [-0.2, 0) is 11.3 Å². The van der Waals surface area contributed by atoms with Gasteiger partial charge >= 0.3 is 0 Å². The van der Waals surface area contributed by atoms with Gasteiger partial charge in [0.15, 0.2) is 0 Å². The minimum atomic E-state index is -0.269. The van der Waals surface area contributed by atoms with E-state index in [0.29, 0.717) is 18.7 Å². The number of hydrogen-bond acceptors (Lipinski definition) is 3. The van der Waals surface area contributed by atoms with Crippen molar-refractivity contribution in [1.82, 2.24) is 0 Å². The maximum atomic E-state index is 13.2. The quantitative estimate of drug-likeness (QED) is 0.702. The fourth-order valence-corrected chi connectivity index (χ4v) is 1.12. The zero-order chi connectivity index (χ0) is 10.4. The van der Waals surface area contributed by atoms with Crippen LogP contribution in [0.3, 0.4) is 0 Å². The number of nitrogens with two attached hydrogens (primary N) is 1. The molecule has 78 valence electrons. The molecular weight excluding hydrogens is 183 g/mol. The minimum Gasteiger partial charge on any atom is -0.383 e. The smallest absolute Gasteiger partial charge is 0.129 e. The van der Waals surface area contributed by atoms with E-state index in [1.807, 2.05) is 0 Å². The van der Waals surface area contributed by atoms with Crippen LogP contribution in [0.4, 0.5) is 10.1 Å². The Morgan fingerprint density at radius 2 is 2.29 bits per heavy atom. The first kappa shape index (κ1) is 10.9. The van der Waals surface area contributed by atoms with Crippen molar-refractivity contribution in [3.05, 3.63) is 29.6 Å². The number of hydrogen-bond donors (Lipinski definition) is 2. The van der Waals surface area contributed by atoms with E-state index in [0.717, 1.165) is 5.69 Å². The molecule has 0 bridgehead atoms. The molecule has 0 amide bonds. The molecule has 0 heterocycles. The van der Waals surface area contributed by atoms with E-state index in [1.54, 1.807) is 19.2 Å². The van der Waals surface area contributed by atoms with Gasteiger partial charge in [0.05, 0.1) is 6.61 Å². The number of methoxy groups -OCH3 is 1. The predicted octanol–water partition coefficient (Wildman–Crippen LogP) is 1.34. The van der Waals surface area contributed by atoms with Crippen LogP contribution in [0, 0.1) is 5.82 Å². The summed E-state index contributed by atoms with van der Waals surface area (Å²) >= 11 is 0. The Balaban J connectivity index is 2.57. The molecule has 3 N–H and O–H groups in total. The summed E-state index contributed by atoms with van der Waals surface area (Å²) in [5, 5.41) is 3.03. The molecule has 0 unspecified atom stereocenters. The van der Waals surface area contributed by atoms with Crippen molar-refractivity contribution in [3.8, 4) is 0 Å². The average Bonchev–Trinajstić information content (AvgIpc) is 2.18. The third kappa shape index (κ3) is 2.97. The Kier molecular flexibility index (Phi) is 4.35. The summed E-state index contributed by atoms with van der Waals surface area (Å²) in [5.41, 5.74) is 6.62. The first-order valence-corrected chi connectivity index (χ1v) is 4.49. The van der Waals surface area contributed by atoms with Gasteiger partial charge in [-0.05, 0) is 12.1 Å². The van der Waals surface area contributed by atoms with E-state index in [1.165, 1.54) is 6.07 Å². The highest BCUT2D eigenvalue weighted by Crippen LogP contribution is 2.13. The zero-order valence-electron chi connectivity index (χ0n) is 8.22. The average molecular weight is 198 g/mol. The number of anilines is 1. The predicted molar refractivity (Wildman–Crippen MR) is 54.7 cm³/mol. The monoisotopic (exact) mass is 198 g/mol. The van der Waals surface area contributed by atoms with Crippen LogP contribution in [0.1, 0.15) is 5.56 Å². The Morgan fingerprint density at radius 1 is 1.50 bits per heavy atom. The molecule has 14 heavy (non-hydrogen) atoms. The van der Waals surface area contributed by atoms with Gasteiger partial charge in [-0.2, -0.15) is 0 Å². The second-order valence-electron chi connectivity index (χ2n) is 2.93. The number of ether oxygens (including phenoxy) is 1. The highest BCUT2D eigenvalue weighted by Gasteiger charge is 2.00. The molecule has 0 atom stereocenters. The first-order chi connectivity index (χ1) is 6.77. The molecule has 0 radical (unpaired) electrons. The van der Waals surface area contributed by atoms with Gasteiger partial charge in [-0.25, -0.2) is 4.39 Å². The van der Waals surface area contributed by atoms with Crippen LogP contribution in [-0.4, -0.2) is 20.3 Å². The third-order valence-electron chi connectivity index (χ3n) is 1.91. The molecule has 1 aromatic rings. The maximum Gasteiger partial charge on any atom is 0.129 e. The van der Waals surface area contributed by atoms with Crippen LogP contribution in [0.15, 0.2) is 18.2 Å². The van der Waals surface area contributed by atoms with Gasteiger partial charge in [-0.1, -0.05) is 6.07 Å². The summed E-state index contributed by atoms with van der Waals surface area (Å²) in [5.74, 6) is -0.269. The molecular formula is C10H15FN2O. The lowest BCUT2D eigenvalue weighted by atomic mass is 10.2. The van der Waals surface area contributed by atoms with E-state index in [-0.39, 0.29) is 12.4 Å². The first-order valence-electron chi connectivity index (χ1n) is 4.49. The third-order valence-corrected chi connectivity index (χ3v) is 1.91. The summed E-state index contributed by atoms with van der Waals surface area (Å²) in [6, 6.07) is 4.93. The lowest BCUT2D eigenvalue weighted by Gasteiger charge is -2.07. The molecule has 0 spiro atoms. The van der Waals surface area contributed by atoms with E-state index in [4.69, 9.17) is 10.5 Å². The van der Waals surface area contributed by atoms with Crippen molar-refractivity contribution < 1.29 is 9.13 Å². The number of benzene rings is 1. The van der Waals surface area contributed by atoms with E-state index in [9.17, 15) is 4.39 Å². The van der Waals surface area contributed by atoms with Crippen LogP contribution in [0.2, 0.25) is 0 Å². The molecule has 1 aromatic carbocycles. The summed E-state index contributed by atoms with van der Waals surface area (Å²) in [6.45, 7) is 1.49. The van der Waals surface area contributed by atoms with Crippen molar-refractivity contribution in [1.29, 1.82) is 0 Å². The van der Waals surface area contributed by atoms with Crippen LogP contribution >= 0.6 is 0 Å². The molecule has 4 heteroatoms. The van der Waals surface area contributed by atoms with Gasteiger partial charge in [0, 0.05) is 31.5 Å². The molecule has 0 saturated heterocycles. The summed E-state index contributed by atoms with van der Waals surface area (Å²) in [4.78, 5) is 0. The lowest BCUT2D eigenvalue weighted by molar-refractivity contribution is 0.211. The van der Waals surface area contributed by atoms with Crippen LogP contribution in [0.25, 0.3) is 0 Å². The summed E-state index contributed by atoms with van der Waals surface area (Å²) in [6.07, 6.45) is 0. The molecule has 0 aliphatic rings. The van der Waals surface area contributed by atoms with Gasteiger partial charge in [0.1, 0.15) is 5.82 Å². The molecule has 1 rings (SSSR count). The molecule has 0 fully saturated rings. The summed E-state index contributed by atoms with van der Waals surface area (Å²) < 4.78 is 18.1. The molecule has 3 nitrogen and oxygen atoms in total. The highest BCUT2D eigenvalue weighted by molar-refractivity contribution is 5.45. The normalized spacial score (nSPS) is 10.2. The number of halogens is 1. The fraction of sp³-hybridized carbons (Fsp3) is 0.400. The Hall–Kier alpha value is -1.13. The van der Waals surface area contributed by atoms with Gasteiger partial charge in [-0.3, -0.25) is 0 Å². The lowest BCUT2D eigenvalue weighted by Crippen LogP contribution is -2.08. The fourth-order valence-electron chi connectivity index (χ4n) is 1.12.